The Labute approximate surface area is 181 Å². The van der Waals surface area contributed by atoms with Gasteiger partial charge < -0.3 is 0 Å². The zero-order valence-electron chi connectivity index (χ0n) is 17.4. The van der Waals surface area contributed by atoms with E-state index in [0.29, 0.717) is 23.9 Å². The number of aryl methyl sites for hydroxylation is 1. The molecule has 1 atom stereocenters. The van der Waals surface area contributed by atoms with Gasteiger partial charge in [-0.2, -0.15) is 4.31 Å². The summed E-state index contributed by atoms with van der Waals surface area (Å²) in [6.45, 7) is 6.41. The van der Waals surface area contributed by atoms with Crippen molar-refractivity contribution in [3.8, 4) is 0 Å². The lowest BCUT2D eigenvalue weighted by atomic mass is 9.90. The van der Waals surface area contributed by atoms with Crippen molar-refractivity contribution >= 4 is 33.2 Å². The molecular formula is C21H27N3O4S2. The number of fused-ring (bicyclic) bond motifs is 1. The molecule has 0 bridgehead atoms. The molecule has 2 aromatic rings. The van der Waals surface area contributed by atoms with E-state index in [1.807, 2.05) is 6.07 Å². The molecule has 1 aliphatic carbocycles. The van der Waals surface area contributed by atoms with Crippen LogP contribution in [0.15, 0.2) is 35.2 Å². The third kappa shape index (κ3) is 4.74. The summed E-state index contributed by atoms with van der Waals surface area (Å²) in [5.74, 6) is -0.334. The van der Waals surface area contributed by atoms with Gasteiger partial charge in [-0.25, -0.2) is 8.42 Å². The molecule has 9 heteroatoms. The molecule has 0 fully saturated rings. The maximum Gasteiger partial charge on any atom is 0.279 e. The monoisotopic (exact) mass is 449 g/mol. The Balaban J connectivity index is 1.68. The third-order valence-electron chi connectivity index (χ3n) is 5.28. The van der Waals surface area contributed by atoms with Crippen LogP contribution in [0.4, 0.5) is 0 Å². The standard InChI is InChI=1S/C21H27N3O4S2/c1-4-24(5-2)30(27,28)17-8-6-7-15(12-17)20(25)22-23-21(26)19-13-16-11-14(3)9-10-18(16)29-19/h6-8,12-14H,4-5,9-11H2,1-3H3,(H,22,25)(H,23,26). The number of nitrogens with zero attached hydrogens (tertiary/aromatic N) is 1. The molecule has 7 nitrogen and oxygen atoms in total. The lowest BCUT2D eigenvalue weighted by Gasteiger charge is -2.18. The Morgan fingerprint density at radius 2 is 1.83 bits per heavy atom. The summed E-state index contributed by atoms with van der Waals surface area (Å²) in [6.07, 6.45) is 3.08. The van der Waals surface area contributed by atoms with Gasteiger partial charge in [0.15, 0.2) is 0 Å². The quantitative estimate of drug-likeness (QED) is 0.663. The van der Waals surface area contributed by atoms with Gasteiger partial charge in [0.25, 0.3) is 11.8 Å². The van der Waals surface area contributed by atoms with Crippen LogP contribution in [0, 0.1) is 5.92 Å². The lowest BCUT2D eigenvalue weighted by molar-refractivity contribution is 0.0848. The van der Waals surface area contributed by atoms with Crippen molar-refractivity contribution < 1.29 is 18.0 Å². The second-order valence-electron chi connectivity index (χ2n) is 7.43. The maximum absolute atomic E-state index is 12.7. The number of thiophene rings is 1. The van der Waals surface area contributed by atoms with Crippen LogP contribution in [0.25, 0.3) is 0 Å². The summed E-state index contributed by atoms with van der Waals surface area (Å²) in [7, 11) is -3.67. The van der Waals surface area contributed by atoms with Gasteiger partial charge in [-0.05, 0) is 55.0 Å². The fraction of sp³-hybridized carbons (Fsp3) is 0.429. The number of carbonyl (C=O) groups excluding carboxylic acids is 2. The number of hydrazine groups is 1. The minimum absolute atomic E-state index is 0.0465. The van der Waals surface area contributed by atoms with Crippen LogP contribution in [-0.2, 0) is 22.9 Å². The SMILES string of the molecule is CCN(CC)S(=O)(=O)c1cccc(C(=O)NNC(=O)c2cc3c(s2)CCC(C)C3)c1. The van der Waals surface area contributed by atoms with Crippen molar-refractivity contribution in [2.75, 3.05) is 13.1 Å². The van der Waals surface area contributed by atoms with E-state index < -0.39 is 15.9 Å². The smallest absolute Gasteiger partial charge is 0.267 e. The van der Waals surface area contributed by atoms with Crippen molar-refractivity contribution in [3.05, 3.63) is 51.2 Å². The molecule has 0 radical (unpaired) electrons. The van der Waals surface area contributed by atoms with E-state index in [1.165, 1.54) is 50.3 Å². The second-order valence-corrected chi connectivity index (χ2v) is 10.5. The molecule has 2 amide bonds. The van der Waals surface area contributed by atoms with Gasteiger partial charge in [0.05, 0.1) is 9.77 Å². The molecule has 0 spiro atoms. The highest BCUT2D eigenvalue weighted by Crippen LogP contribution is 2.32. The Kier molecular flexibility index (Phi) is 6.95. The predicted molar refractivity (Wildman–Crippen MR) is 117 cm³/mol. The normalized spacial score (nSPS) is 16.2. The van der Waals surface area contributed by atoms with Crippen molar-refractivity contribution in [1.29, 1.82) is 0 Å². The molecule has 1 heterocycles. The number of carbonyl (C=O) groups is 2. The van der Waals surface area contributed by atoms with E-state index in [1.54, 1.807) is 13.8 Å². The van der Waals surface area contributed by atoms with Crippen molar-refractivity contribution in [3.63, 3.8) is 0 Å². The molecule has 1 aromatic carbocycles. The van der Waals surface area contributed by atoms with E-state index in [4.69, 9.17) is 0 Å². The topological polar surface area (TPSA) is 95.6 Å². The Morgan fingerprint density at radius 3 is 2.53 bits per heavy atom. The first-order valence-electron chi connectivity index (χ1n) is 10.1. The third-order valence-corrected chi connectivity index (χ3v) is 8.56. The number of nitrogens with one attached hydrogen (secondary N) is 2. The first-order chi connectivity index (χ1) is 14.3. The Hall–Kier alpha value is -2.23. The van der Waals surface area contributed by atoms with Crippen molar-refractivity contribution in [2.24, 2.45) is 5.92 Å². The van der Waals surface area contributed by atoms with Crippen LogP contribution < -0.4 is 10.9 Å². The van der Waals surface area contributed by atoms with Gasteiger partial charge in [-0.15, -0.1) is 11.3 Å². The summed E-state index contributed by atoms with van der Waals surface area (Å²) < 4.78 is 26.7. The van der Waals surface area contributed by atoms with Gasteiger partial charge in [0.2, 0.25) is 10.0 Å². The number of hydrogen-bond donors (Lipinski definition) is 2. The molecule has 1 aromatic heterocycles. The van der Waals surface area contributed by atoms with Gasteiger partial charge in [-0.3, -0.25) is 20.4 Å². The molecule has 2 N–H and O–H groups in total. The highest BCUT2D eigenvalue weighted by Gasteiger charge is 2.23. The fourth-order valence-corrected chi connectivity index (χ4v) is 6.18. The van der Waals surface area contributed by atoms with Crippen LogP contribution in [-0.4, -0.2) is 37.6 Å². The molecule has 30 heavy (non-hydrogen) atoms. The second kappa shape index (κ2) is 9.28. The maximum atomic E-state index is 12.7. The van der Waals surface area contributed by atoms with Gasteiger partial charge in [0.1, 0.15) is 0 Å². The predicted octanol–water partition coefficient (Wildman–Crippen LogP) is 2.98. The average Bonchev–Trinajstić information content (AvgIpc) is 3.15. The van der Waals surface area contributed by atoms with E-state index in [-0.39, 0.29) is 16.4 Å². The molecule has 1 unspecified atom stereocenters. The molecular weight excluding hydrogens is 422 g/mol. The molecule has 0 saturated heterocycles. The van der Waals surface area contributed by atoms with Gasteiger partial charge >= 0.3 is 0 Å². The largest absolute Gasteiger partial charge is 0.279 e. The fourth-order valence-electron chi connectivity index (χ4n) is 3.58. The van der Waals surface area contributed by atoms with Crippen molar-refractivity contribution in [2.45, 2.75) is 44.9 Å². The van der Waals surface area contributed by atoms with Crippen LogP contribution in [0.3, 0.4) is 0 Å². The van der Waals surface area contributed by atoms with Crippen LogP contribution in [0.5, 0.6) is 0 Å². The van der Waals surface area contributed by atoms with Gasteiger partial charge in [-0.1, -0.05) is 26.8 Å². The van der Waals surface area contributed by atoms with E-state index in [2.05, 4.69) is 17.8 Å². The number of benzene rings is 1. The molecule has 0 aliphatic heterocycles. The minimum Gasteiger partial charge on any atom is -0.267 e. The number of sulfonamides is 1. The van der Waals surface area contributed by atoms with E-state index in [0.717, 1.165) is 19.3 Å². The Bertz CT molecular complexity index is 1040. The lowest BCUT2D eigenvalue weighted by Crippen LogP contribution is -2.41. The first-order valence-corrected chi connectivity index (χ1v) is 12.3. The average molecular weight is 450 g/mol. The van der Waals surface area contributed by atoms with Crippen LogP contribution >= 0.6 is 11.3 Å². The molecule has 3 rings (SSSR count). The summed E-state index contributed by atoms with van der Waals surface area (Å²) in [5, 5.41) is 0. The van der Waals surface area contributed by atoms with E-state index in [9.17, 15) is 18.0 Å². The molecule has 162 valence electrons. The van der Waals surface area contributed by atoms with Gasteiger partial charge in [0, 0.05) is 23.5 Å². The Morgan fingerprint density at radius 1 is 1.13 bits per heavy atom. The van der Waals surface area contributed by atoms with Crippen molar-refractivity contribution in [1.82, 2.24) is 15.2 Å². The van der Waals surface area contributed by atoms with Crippen LogP contribution in [0.2, 0.25) is 0 Å². The summed E-state index contributed by atoms with van der Waals surface area (Å²) >= 11 is 1.46. The zero-order valence-corrected chi connectivity index (χ0v) is 19.0. The number of rotatable bonds is 6. The van der Waals surface area contributed by atoms with E-state index >= 15 is 0 Å². The first kappa shape index (κ1) is 22.5. The summed E-state index contributed by atoms with van der Waals surface area (Å²) in [4.78, 5) is 26.8. The zero-order chi connectivity index (χ0) is 21.9. The highest BCUT2D eigenvalue weighted by molar-refractivity contribution is 7.89. The molecule has 0 saturated carbocycles. The number of amides is 2. The number of hydrogen-bond acceptors (Lipinski definition) is 5. The molecule has 1 aliphatic rings. The summed E-state index contributed by atoms with van der Waals surface area (Å²) in [6, 6.07) is 7.70. The summed E-state index contributed by atoms with van der Waals surface area (Å²) in [5.41, 5.74) is 6.18. The minimum atomic E-state index is -3.67. The highest BCUT2D eigenvalue weighted by atomic mass is 32.2. The van der Waals surface area contributed by atoms with Crippen LogP contribution in [0.1, 0.15) is 57.7 Å².